The molecule has 0 aliphatic heterocycles. The maximum absolute atomic E-state index is 13.0. The Morgan fingerprint density at radius 3 is 2.63 bits per heavy atom. The maximum Gasteiger partial charge on any atom is 0.418 e. The molecule has 3 aromatic rings. The van der Waals surface area contributed by atoms with Crippen LogP contribution in [0.2, 0.25) is 0 Å². The first-order chi connectivity index (χ1) is 12.8. The first-order valence-corrected chi connectivity index (χ1v) is 8.65. The summed E-state index contributed by atoms with van der Waals surface area (Å²) < 4.78 is 49.7. The molecule has 1 N–H and O–H groups in total. The summed E-state index contributed by atoms with van der Waals surface area (Å²) in [5.41, 5.74) is -0.584. The van der Waals surface area contributed by atoms with Crippen molar-refractivity contribution in [1.82, 2.24) is 10.2 Å². The number of carbonyl (C=O) groups excluding carboxylic acids is 1. The lowest BCUT2D eigenvalue weighted by atomic mass is 10.1. The summed E-state index contributed by atoms with van der Waals surface area (Å²) in [5, 5.41) is 9.39. The van der Waals surface area contributed by atoms with Gasteiger partial charge in [-0.3, -0.25) is 4.79 Å². The number of hydrogen-bond donors (Lipinski definition) is 1. The van der Waals surface area contributed by atoms with Crippen LogP contribution in [0.15, 0.2) is 50.7 Å². The molecule has 2 aromatic heterocycles. The first kappa shape index (κ1) is 19.0. The fourth-order valence-corrected chi connectivity index (χ4v) is 2.93. The number of nitrogens with zero attached hydrogens (tertiary/aromatic N) is 2. The number of nitrogens with one attached hydrogen (secondary N) is 1. The molecule has 0 radical (unpaired) electrons. The van der Waals surface area contributed by atoms with Crippen molar-refractivity contribution in [3.63, 3.8) is 0 Å². The molecule has 0 aliphatic rings. The van der Waals surface area contributed by atoms with Crippen molar-refractivity contribution in [3.8, 4) is 11.5 Å². The Labute approximate surface area is 156 Å². The van der Waals surface area contributed by atoms with Gasteiger partial charge in [0.25, 0.3) is 11.1 Å². The van der Waals surface area contributed by atoms with Crippen molar-refractivity contribution in [3.05, 3.63) is 47.9 Å². The molecule has 10 heteroatoms. The Kier molecular flexibility index (Phi) is 5.26. The van der Waals surface area contributed by atoms with Gasteiger partial charge >= 0.3 is 6.18 Å². The van der Waals surface area contributed by atoms with Crippen LogP contribution in [0.1, 0.15) is 18.2 Å². The van der Waals surface area contributed by atoms with E-state index in [0.717, 1.165) is 17.8 Å². The summed E-state index contributed by atoms with van der Waals surface area (Å²) in [5.74, 6) is 0.222. The maximum atomic E-state index is 13.0. The fourth-order valence-electron chi connectivity index (χ4n) is 2.25. The molecule has 0 spiro atoms. The lowest BCUT2D eigenvalue weighted by molar-refractivity contribution is -0.137. The summed E-state index contributed by atoms with van der Waals surface area (Å²) in [6.07, 6.45) is -3.08. The van der Waals surface area contributed by atoms with Crippen molar-refractivity contribution in [2.75, 3.05) is 5.32 Å². The Hall–Kier alpha value is -2.75. The predicted molar refractivity (Wildman–Crippen MR) is 92.1 cm³/mol. The third-order valence-electron chi connectivity index (χ3n) is 3.63. The summed E-state index contributed by atoms with van der Waals surface area (Å²) >= 11 is 0.944. The first-order valence-electron chi connectivity index (χ1n) is 7.77. The van der Waals surface area contributed by atoms with Gasteiger partial charge in [0.05, 0.1) is 28.3 Å². The molecular formula is C17H14F3N3O3S. The van der Waals surface area contributed by atoms with Crippen LogP contribution in [0, 0.1) is 6.92 Å². The number of halogens is 3. The van der Waals surface area contributed by atoms with Gasteiger partial charge < -0.3 is 14.2 Å². The van der Waals surface area contributed by atoms with Crippen molar-refractivity contribution < 1.29 is 26.8 Å². The van der Waals surface area contributed by atoms with Gasteiger partial charge in [-0.25, -0.2) is 0 Å². The van der Waals surface area contributed by atoms with Crippen LogP contribution in [0.25, 0.3) is 11.5 Å². The number of furan rings is 1. The molecule has 0 saturated carbocycles. The molecule has 0 saturated heterocycles. The van der Waals surface area contributed by atoms with Crippen molar-refractivity contribution in [2.24, 2.45) is 0 Å². The highest BCUT2D eigenvalue weighted by Gasteiger charge is 2.34. The quantitative estimate of drug-likeness (QED) is 0.624. The van der Waals surface area contributed by atoms with E-state index in [1.54, 1.807) is 13.0 Å². The average Bonchev–Trinajstić information content (AvgIpc) is 3.23. The zero-order valence-corrected chi connectivity index (χ0v) is 15.0. The zero-order chi connectivity index (χ0) is 19.6. The van der Waals surface area contributed by atoms with Gasteiger partial charge in [0.15, 0.2) is 0 Å². The molecule has 142 valence electrons. The highest BCUT2D eigenvalue weighted by atomic mass is 32.2. The number of hydrogen-bond acceptors (Lipinski definition) is 6. The van der Waals surface area contributed by atoms with Crippen molar-refractivity contribution in [2.45, 2.75) is 30.5 Å². The lowest BCUT2D eigenvalue weighted by Gasteiger charge is -2.15. The van der Waals surface area contributed by atoms with E-state index in [0.29, 0.717) is 11.3 Å². The molecule has 27 heavy (non-hydrogen) atoms. The van der Waals surface area contributed by atoms with E-state index in [9.17, 15) is 18.0 Å². The number of anilines is 1. The highest BCUT2D eigenvalue weighted by molar-refractivity contribution is 8.00. The summed E-state index contributed by atoms with van der Waals surface area (Å²) in [4.78, 5) is 12.3. The van der Waals surface area contributed by atoms with Crippen LogP contribution in [-0.2, 0) is 11.0 Å². The lowest BCUT2D eigenvalue weighted by Crippen LogP contribution is -2.24. The number of rotatable bonds is 5. The number of alkyl halides is 3. The molecule has 1 amide bonds. The smallest absolute Gasteiger partial charge is 0.418 e. The van der Waals surface area contributed by atoms with E-state index < -0.39 is 22.9 Å². The minimum Gasteiger partial charge on any atom is -0.469 e. The molecule has 0 aliphatic carbocycles. The van der Waals surface area contributed by atoms with Crippen molar-refractivity contribution >= 4 is 23.4 Å². The van der Waals surface area contributed by atoms with E-state index in [1.165, 1.54) is 31.4 Å². The summed E-state index contributed by atoms with van der Waals surface area (Å²) in [6.45, 7) is 3.27. The number of carbonyl (C=O) groups is 1. The van der Waals surface area contributed by atoms with Gasteiger partial charge in [-0.2, -0.15) is 13.2 Å². The summed E-state index contributed by atoms with van der Waals surface area (Å²) in [7, 11) is 0. The topological polar surface area (TPSA) is 81.2 Å². The van der Waals surface area contributed by atoms with Gasteiger partial charge in [-0.05, 0) is 32.0 Å². The second-order valence-corrected chi connectivity index (χ2v) is 6.85. The molecule has 0 fully saturated rings. The van der Waals surface area contributed by atoms with Crippen LogP contribution < -0.4 is 5.32 Å². The predicted octanol–water partition coefficient (Wildman–Crippen LogP) is 4.78. The standard InChI is InChI=1S/C17H14F3N3O3S/c1-9-11(7-8-25-9)15-22-23-16(26-15)27-10(2)14(24)21-13-6-4-3-5-12(13)17(18,19)20/h3-8,10H,1-2H3,(H,21,24)/t10-/m0/s1. The normalized spacial score (nSPS) is 12.8. The highest BCUT2D eigenvalue weighted by Crippen LogP contribution is 2.35. The molecule has 6 nitrogen and oxygen atoms in total. The van der Waals surface area contributed by atoms with E-state index in [4.69, 9.17) is 8.83 Å². The third kappa shape index (κ3) is 4.33. The Morgan fingerprint density at radius 2 is 1.96 bits per heavy atom. The molecule has 1 atom stereocenters. The van der Waals surface area contributed by atoms with Gasteiger partial charge in [-0.1, -0.05) is 23.9 Å². The van der Waals surface area contributed by atoms with Crippen LogP contribution in [0.4, 0.5) is 18.9 Å². The van der Waals surface area contributed by atoms with Gasteiger partial charge in [0.2, 0.25) is 5.91 Å². The fraction of sp³-hybridized carbons (Fsp3) is 0.235. The average molecular weight is 397 g/mol. The van der Waals surface area contributed by atoms with Gasteiger partial charge in [-0.15, -0.1) is 10.2 Å². The third-order valence-corrected chi connectivity index (χ3v) is 4.57. The zero-order valence-electron chi connectivity index (χ0n) is 14.2. The van der Waals surface area contributed by atoms with Crippen molar-refractivity contribution in [1.29, 1.82) is 0 Å². The second-order valence-electron chi connectivity index (χ2n) is 5.56. The number of amides is 1. The molecule has 1 aromatic carbocycles. The Morgan fingerprint density at radius 1 is 1.22 bits per heavy atom. The number of benzene rings is 1. The van der Waals surface area contributed by atoms with E-state index in [-0.39, 0.29) is 16.8 Å². The monoisotopic (exact) mass is 397 g/mol. The number of aromatic nitrogens is 2. The van der Waals surface area contributed by atoms with Gasteiger partial charge in [0, 0.05) is 0 Å². The van der Waals surface area contributed by atoms with Gasteiger partial charge in [0.1, 0.15) is 5.76 Å². The number of thioether (sulfide) groups is 1. The SMILES string of the molecule is Cc1occc1-c1nnc(S[C@@H](C)C(=O)Nc2ccccc2C(F)(F)F)o1. The second kappa shape index (κ2) is 7.47. The van der Waals surface area contributed by atoms with Crippen LogP contribution in [0.5, 0.6) is 0 Å². The summed E-state index contributed by atoms with van der Waals surface area (Å²) in [6, 6.07) is 6.45. The molecular weight excluding hydrogens is 383 g/mol. The van der Waals surface area contributed by atoms with Crippen LogP contribution >= 0.6 is 11.8 Å². The largest absolute Gasteiger partial charge is 0.469 e. The number of aryl methyl sites for hydroxylation is 1. The Balaban J connectivity index is 1.69. The van der Waals surface area contributed by atoms with E-state index in [1.807, 2.05) is 0 Å². The van der Waals surface area contributed by atoms with Crippen LogP contribution in [0.3, 0.4) is 0 Å². The Bertz CT molecular complexity index is 952. The van der Waals surface area contributed by atoms with Crippen LogP contribution in [-0.4, -0.2) is 21.4 Å². The minimum absolute atomic E-state index is 0.123. The van der Waals surface area contributed by atoms with E-state index in [2.05, 4.69) is 15.5 Å². The minimum atomic E-state index is -4.57. The molecule has 0 unspecified atom stereocenters. The molecule has 0 bridgehead atoms. The molecule has 2 heterocycles. The van der Waals surface area contributed by atoms with E-state index >= 15 is 0 Å². The molecule has 3 rings (SSSR count). The number of para-hydroxylation sites is 1.